The second kappa shape index (κ2) is 10.7. The molecule has 1 aliphatic heterocycles. The molecule has 0 aliphatic carbocycles. The van der Waals surface area contributed by atoms with E-state index in [1.807, 2.05) is 35.2 Å². The minimum Gasteiger partial charge on any atom is -0.402 e. The molecule has 3 aromatic rings. The summed E-state index contributed by atoms with van der Waals surface area (Å²) >= 11 is 0. The Kier molecular flexibility index (Phi) is 7.66. The first kappa shape index (κ1) is 24.4. The molecule has 3 aromatic carbocycles. The fraction of sp³-hybridized carbons (Fsp3) is 0.345. The van der Waals surface area contributed by atoms with Crippen molar-refractivity contribution in [3.8, 4) is 0 Å². The van der Waals surface area contributed by atoms with Gasteiger partial charge in [0.2, 0.25) is 5.91 Å². The van der Waals surface area contributed by atoms with Crippen molar-refractivity contribution in [2.24, 2.45) is 0 Å². The van der Waals surface area contributed by atoms with E-state index in [2.05, 4.69) is 81.4 Å². The molecule has 0 bridgehead atoms. The molecule has 4 nitrogen and oxygen atoms in total. The zero-order valence-electron chi connectivity index (χ0n) is 20.4. The Morgan fingerprint density at radius 2 is 1.38 bits per heavy atom. The van der Waals surface area contributed by atoms with Crippen LogP contribution in [0.1, 0.15) is 32.8 Å². The van der Waals surface area contributed by atoms with Gasteiger partial charge in [-0.15, -0.1) is 0 Å². The Labute approximate surface area is 204 Å². The molecule has 0 saturated carbocycles. The van der Waals surface area contributed by atoms with Crippen molar-refractivity contribution in [3.05, 3.63) is 96.6 Å². The van der Waals surface area contributed by atoms with Gasteiger partial charge in [-0.2, -0.15) is 0 Å². The highest BCUT2D eigenvalue weighted by Crippen LogP contribution is 2.38. The van der Waals surface area contributed by atoms with Gasteiger partial charge < -0.3 is 14.1 Å². The highest BCUT2D eigenvalue weighted by molar-refractivity contribution is 6.99. The average molecular weight is 474 g/mol. The van der Waals surface area contributed by atoms with E-state index in [-0.39, 0.29) is 17.0 Å². The number of hydrogen-bond donors (Lipinski definition) is 0. The van der Waals surface area contributed by atoms with Crippen LogP contribution >= 0.6 is 0 Å². The topological polar surface area (TPSA) is 38.8 Å². The van der Waals surface area contributed by atoms with Crippen LogP contribution in [0.4, 0.5) is 0 Å². The van der Waals surface area contributed by atoms with Gasteiger partial charge in [0.15, 0.2) is 0 Å². The first-order valence-corrected chi connectivity index (χ1v) is 14.0. The summed E-state index contributed by atoms with van der Waals surface area (Å²) in [6, 6.07) is 31.3. The number of rotatable bonds is 9. The Balaban J connectivity index is 1.49. The van der Waals surface area contributed by atoms with Crippen LogP contribution in [-0.2, 0) is 20.6 Å². The van der Waals surface area contributed by atoms with Gasteiger partial charge in [-0.05, 0) is 21.0 Å². The third kappa shape index (κ3) is 5.33. The molecule has 1 fully saturated rings. The number of nitrogens with zero attached hydrogens (tertiary/aromatic N) is 1. The molecule has 1 saturated heterocycles. The minimum absolute atomic E-state index is 0.106. The first-order chi connectivity index (χ1) is 16.4. The lowest BCUT2D eigenvalue weighted by Crippen LogP contribution is -2.67. The van der Waals surface area contributed by atoms with Crippen molar-refractivity contribution < 1.29 is 14.0 Å². The molecule has 5 heteroatoms. The number of hydrogen-bond acceptors (Lipinski definition) is 3. The Morgan fingerprint density at radius 3 is 1.91 bits per heavy atom. The fourth-order valence-corrected chi connectivity index (χ4v) is 9.58. The van der Waals surface area contributed by atoms with Gasteiger partial charge in [-0.1, -0.05) is 112 Å². The molecule has 1 atom stereocenters. The molecule has 0 unspecified atom stereocenters. The van der Waals surface area contributed by atoms with Crippen LogP contribution in [0.15, 0.2) is 91.0 Å². The first-order valence-electron chi connectivity index (χ1n) is 12.1. The molecule has 4 rings (SSSR count). The summed E-state index contributed by atoms with van der Waals surface area (Å²) in [7, 11) is -2.67. The second-order valence-corrected chi connectivity index (χ2v) is 14.2. The predicted molar refractivity (Wildman–Crippen MR) is 140 cm³/mol. The van der Waals surface area contributed by atoms with E-state index in [4.69, 9.17) is 9.16 Å². The Morgan fingerprint density at radius 1 is 0.853 bits per heavy atom. The summed E-state index contributed by atoms with van der Waals surface area (Å²) in [6.45, 7) is 9.09. The maximum Gasteiger partial charge on any atom is 0.261 e. The number of likely N-dealkylation sites (tertiary alicyclic amines) is 1. The maximum absolute atomic E-state index is 12.9. The highest BCUT2D eigenvalue weighted by Gasteiger charge is 2.52. The van der Waals surface area contributed by atoms with Crippen molar-refractivity contribution in [2.75, 3.05) is 19.7 Å². The number of carbonyl (C=O) groups excluding carboxylic acids is 1. The summed E-state index contributed by atoms with van der Waals surface area (Å²) in [5, 5.41) is 2.38. The fourth-order valence-electron chi connectivity index (χ4n) is 4.91. The van der Waals surface area contributed by atoms with E-state index in [9.17, 15) is 4.79 Å². The van der Waals surface area contributed by atoms with Gasteiger partial charge in [0.05, 0.1) is 25.7 Å². The monoisotopic (exact) mass is 473 g/mol. The summed E-state index contributed by atoms with van der Waals surface area (Å²) < 4.78 is 13.0. The molecular formula is C29H35NO3Si. The smallest absolute Gasteiger partial charge is 0.261 e. The van der Waals surface area contributed by atoms with E-state index >= 15 is 0 Å². The minimum atomic E-state index is -2.67. The molecule has 0 N–H and O–H groups in total. The largest absolute Gasteiger partial charge is 0.402 e. The van der Waals surface area contributed by atoms with Crippen molar-refractivity contribution in [1.29, 1.82) is 0 Å². The van der Waals surface area contributed by atoms with Gasteiger partial charge in [-0.3, -0.25) is 4.79 Å². The molecule has 0 radical (unpaired) electrons. The molecule has 0 aromatic heterocycles. The summed E-state index contributed by atoms with van der Waals surface area (Å²) in [5.74, 6) is 0.145. The lowest BCUT2D eigenvalue weighted by Gasteiger charge is -2.44. The zero-order valence-corrected chi connectivity index (χ0v) is 21.4. The van der Waals surface area contributed by atoms with Gasteiger partial charge in [0, 0.05) is 13.1 Å². The van der Waals surface area contributed by atoms with Crippen LogP contribution in [0.2, 0.25) is 5.04 Å². The number of benzene rings is 3. The van der Waals surface area contributed by atoms with Crippen LogP contribution in [0.25, 0.3) is 0 Å². The maximum atomic E-state index is 12.9. The molecule has 1 amide bonds. The molecule has 0 spiro atoms. The number of ether oxygens (including phenoxy) is 1. The highest BCUT2D eigenvalue weighted by atomic mass is 28.4. The third-order valence-electron chi connectivity index (χ3n) is 6.56. The average Bonchev–Trinajstić information content (AvgIpc) is 3.20. The van der Waals surface area contributed by atoms with E-state index in [1.54, 1.807) is 0 Å². The summed E-state index contributed by atoms with van der Waals surface area (Å²) in [5.41, 5.74) is 1.14. The van der Waals surface area contributed by atoms with Gasteiger partial charge in [0.25, 0.3) is 8.32 Å². The lowest BCUT2D eigenvalue weighted by atomic mass is 10.2. The van der Waals surface area contributed by atoms with Crippen LogP contribution < -0.4 is 10.4 Å². The molecular weight excluding hydrogens is 438 g/mol. The van der Waals surface area contributed by atoms with Crippen LogP contribution in [0.5, 0.6) is 0 Å². The molecule has 1 heterocycles. The molecule has 178 valence electrons. The zero-order chi connectivity index (χ0) is 24.0. The summed E-state index contributed by atoms with van der Waals surface area (Å²) in [4.78, 5) is 14.8. The van der Waals surface area contributed by atoms with E-state index < -0.39 is 8.32 Å². The molecule has 1 aliphatic rings. The second-order valence-electron chi connectivity index (χ2n) is 9.99. The Hall–Kier alpha value is -2.73. The van der Waals surface area contributed by atoms with Crippen LogP contribution in [0.3, 0.4) is 0 Å². The standard InChI is InChI=1S/C29H35NO3Si/c1-29(2,3)34(26-15-9-5-10-16-26,27-17-11-6-12-18-27)33-25-21-28(31)30(22-25)19-20-32-23-24-13-7-4-8-14-24/h4-18,25H,19-23H2,1-3H3/t25-/m0/s1. The quantitative estimate of drug-likeness (QED) is 0.342. The van der Waals surface area contributed by atoms with Crippen molar-refractivity contribution in [3.63, 3.8) is 0 Å². The lowest BCUT2D eigenvalue weighted by molar-refractivity contribution is -0.128. The van der Waals surface area contributed by atoms with Crippen molar-refractivity contribution in [2.45, 2.75) is 44.9 Å². The SMILES string of the molecule is CC(C)(C)[Si](O[C@H]1CC(=O)N(CCOCc2ccccc2)C1)(c1ccccc1)c1ccccc1. The van der Waals surface area contributed by atoms with E-state index in [0.29, 0.717) is 32.7 Å². The third-order valence-corrected chi connectivity index (χ3v) is 11.6. The normalized spacial score (nSPS) is 16.7. The van der Waals surface area contributed by atoms with Crippen LogP contribution in [0, 0.1) is 0 Å². The number of carbonyl (C=O) groups is 1. The van der Waals surface area contributed by atoms with Gasteiger partial charge in [0.1, 0.15) is 0 Å². The van der Waals surface area contributed by atoms with Crippen molar-refractivity contribution in [1.82, 2.24) is 4.90 Å². The molecule has 34 heavy (non-hydrogen) atoms. The van der Waals surface area contributed by atoms with E-state index in [1.165, 1.54) is 10.4 Å². The van der Waals surface area contributed by atoms with Crippen LogP contribution in [-0.4, -0.2) is 44.9 Å². The predicted octanol–water partition coefficient (Wildman–Crippen LogP) is 4.38. The van der Waals surface area contributed by atoms with Gasteiger partial charge in [-0.25, -0.2) is 0 Å². The summed E-state index contributed by atoms with van der Waals surface area (Å²) in [6.07, 6.45) is 0.288. The van der Waals surface area contributed by atoms with Crippen molar-refractivity contribution >= 4 is 24.6 Å². The van der Waals surface area contributed by atoms with E-state index in [0.717, 1.165) is 5.56 Å². The number of amides is 1. The van der Waals surface area contributed by atoms with Gasteiger partial charge >= 0.3 is 0 Å². The Bertz CT molecular complexity index is 1010.